The van der Waals surface area contributed by atoms with Crippen LogP contribution in [-0.2, 0) is 4.79 Å². The Morgan fingerprint density at radius 3 is 2.68 bits per heavy atom. The predicted molar refractivity (Wildman–Crippen MR) is 102 cm³/mol. The number of hydrogen-bond acceptors (Lipinski definition) is 4. The van der Waals surface area contributed by atoms with E-state index in [2.05, 4.69) is 20.9 Å². The van der Waals surface area contributed by atoms with E-state index in [9.17, 15) is 4.79 Å². The van der Waals surface area contributed by atoms with Gasteiger partial charge in [-0.15, -0.1) is 0 Å². The summed E-state index contributed by atoms with van der Waals surface area (Å²) in [6, 6.07) is 9.70. The molecule has 6 heteroatoms. The predicted octanol–water partition coefficient (Wildman–Crippen LogP) is 4.68. The minimum absolute atomic E-state index is 0.369. The Morgan fingerprint density at radius 2 is 2.00 bits per heavy atom. The highest BCUT2D eigenvalue weighted by Crippen LogP contribution is 2.36. The van der Waals surface area contributed by atoms with Gasteiger partial charge in [0.15, 0.2) is 18.1 Å². The molecule has 0 saturated heterocycles. The zero-order chi connectivity index (χ0) is 18.4. The number of carboxylic acids is 1. The fourth-order valence-electron chi connectivity index (χ4n) is 2.20. The van der Waals surface area contributed by atoms with Gasteiger partial charge in [0.2, 0.25) is 0 Å². The minimum Gasteiger partial charge on any atom is -0.490 e. The molecule has 2 rings (SSSR count). The topological polar surface area (TPSA) is 68.1 Å². The van der Waals surface area contributed by atoms with Crippen molar-refractivity contribution in [3.05, 3.63) is 51.5 Å². The van der Waals surface area contributed by atoms with Gasteiger partial charge in [-0.25, -0.2) is 4.79 Å². The number of nitrogens with zero attached hydrogens (tertiary/aromatic N) is 1. The molecule has 0 amide bonds. The number of benzene rings is 2. The zero-order valence-corrected chi connectivity index (χ0v) is 16.0. The van der Waals surface area contributed by atoms with Gasteiger partial charge in [-0.2, -0.15) is 0 Å². The molecule has 0 atom stereocenters. The average molecular weight is 406 g/mol. The Kier molecular flexibility index (Phi) is 6.58. The summed E-state index contributed by atoms with van der Waals surface area (Å²) in [6.07, 6.45) is 1.75. The Labute approximate surface area is 155 Å². The van der Waals surface area contributed by atoms with E-state index in [-0.39, 0.29) is 0 Å². The first-order valence-corrected chi connectivity index (χ1v) is 8.62. The number of rotatable bonds is 7. The van der Waals surface area contributed by atoms with Crippen LogP contribution >= 0.6 is 15.9 Å². The van der Waals surface area contributed by atoms with E-state index >= 15 is 0 Å². The third-order valence-corrected chi connectivity index (χ3v) is 3.98. The van der Waals surface area contributed by atoms with Crippen LogP contribution in [0.5, 0.6) is 11.5 Å². The third kappa shape index (κ3) is 5.32. The summed E-state index contributed by atoms with van der Waals surface area (Å²) in [5, 5.41) is 8.80. The lowest BCUT2D eigenvalue weighted by Gasteiger charge is -2.13. The van der Waals surface area contributed by atoms with E-state index in [4.69, 9.17) is 14.6 Å². The first kappa shape index (κ1) is 19.0. The van der Waals surface area contributed by atoms with Gasteiger partial charge in [-0.1, -0.05) is 12.1 Å². The van der Waals surface area contributed by atoms with E-state index in [1.807, 2.05) is 45.0 Å². The molecule has 5 nitrogen and oxygen atoms in total. The van der Waals surface area contributed by atoms with Crippen LogP contribution in [-0.4, -0.2) is 30.5 Å². The Morgan fingerprint density at radius 1 is 1.24 bits per heavy atom. The van der Waals surface area contributed by atoms with Crippen LogP contribution in [0.15, 0.2) is 39.8 Å². The van der Waals surface area contributed by atoms with E-state index in [1.54, 1.807) is 12.3 Å². The molecule has 0 saturated carbocycles. The molecule has 0 radical (unpaired) electrons. The van der Waals surface area contributed by atoms with E-state index in [0.717, 1.165) is 22.4 Å². The highest BCUT2D eigenvalue weighted by molar-refractivity contribution is 9.10. The van der Waals surface area contributed by atoms with Crippen LogP contribution in [0.1, 0.15) is 23.6 Å². The lowest BCUT2D eigenvalue weighted by atomic mass is 10.1. The second-order valence-electron chi connectivity index (χ2n) is 5.49. The first-order valence-electron chi connectivity index (χ1n) is 7.83. The number of halogens is 1. The maximum Gasteiger partial charge on any atom is 0.341 e. The second kappa shape index (κ2) is 8.67. The molecule has 0 bridgehead atoms. The molecule has 0 fully saturated rings. The molecule has 0 unspecified atom stereocenters. The fraction of sp³-hybridized carbons (Fsp3) is 0.263. The number of hydrogen-bond donors (Lipinski definition) is 1. The number of aryl methyl sites for hydroxylation is 2. The summed E-state index contributed by atoms with van der Waals surface area (Å²) >= 11 is 3.41. The highest BCUT2D eigenvalue weighted by Gasteiger charge is 2.13. The Bertz CT molecular complexity index is 802. The van der Waals surface area contributed by atoms with Crippen molar-refractivity contribution in [2.24, 2.45) is 4.99 Å². The van der Waals surface area contributed by atoms with Crippen molar-refractivity contribution in [1.29, 1.82) is 0 Å². The number of ether oxygens (including phenoxy) is 2. The third-order valence-electron chi connectivity index (χ3n) is 3.39. The molecule has 1 N–H and O–H groups in total. The van der Waals surface area contributed by atoms with Crippen molar-refractivity contribution in [1.82, 2.24) is 0 Å². The van der Waals surface area contributed by atoms with Crippen molar-refractivity contribution in [3.63, 3.8) is 0 Å². The smallest absolute Gasteiger partial charge is 0.341 e. The normalized spacial score (nSPS) is 10.9. The fourth-order valence-corrected chi connectivity index (χ4v) is 2.78. The van der Waals surface area contributed by atoms with Gasteiger partial charge in [0.05, 0.1) is 16.8 Å². The number of carbonyl (C=O) groups is 1. The lowest BCUT2D eigenvalue weighted by molar-refractivity contribution is -0.139. The van der Waals surface area contributed by atoms with Gasteiger partial charge in [-0.3, -0.25) is 4.99 Å². The molecule has 25 heavy (non-hydrogen) atoms. The Hall–Kier alpha value is -2.34. The standard InChI is InChI=1S/C19H20BrNO4/c1-4-24-17-9-14(8-15(20)19(17)25-11-18(22)23)10-21-16-7-12(2)5-6-13(16)3/h5-10H,4,11H2,1-3H3,(H,22,23). The van der Waals surface area contributed by atoms with Gasteiger partial charge < -0.3 is 14.6 Å². The van der Waals surface area contributed by atoms with Gasteiger partial charge in [0.1, 0.15) is 0 Å². The summed E-state index contributed by atoms with van der Waals surface area (Å²) in [4.78, 5) is 15.3. The summed E-state index contributed by atoms with van der Waals surface area (Å²) in [7, 11) is 0. The molecule has 0 aliphatic carbocycles. The molecule has 2 aromatic carbocycles. The monoisotopic (exact) mass is 405 g/mol. The maximum atomic E-state index is 10.7. The summed E-state index contributed by atoms with van der Waals surface area (Å²) in [5.74, 6) is -0.205. The minimum atomic E-state index is -1.05. The van der Waals surface area contributed by atoms with Crippen molar-refractivity contribution in [2.45, 2.75) is 20.8 Å². The number of aliphatic carboxylic acids is 1. The van der Waals surface area contributed by atoms with Crippen molar-refractivity contribution < 1.29 is 19.4 Å². The van der Waals surface area contributed by atoms with Crippen LogP contribution < -0.4 is 9.47 Å². The maximum absolute atomic E-state index is 10.7. The zero-order valence-electron chi connectivity index (χ0n) is 14.4. The molecule has 2 aromatic rings. The van der Waals surface area contributed by atoms with E-state index in [0.29, 0.717) is 22.6 Å². The lowest BCUT2D eigenvalue weighted by Crippen LogP contribution is -2.11. The SMILES string of the molecule is CCOc1cc(C=Nc2cc(C)ccc2C)cc(Br)c1OCC(=O)O. The first-order chi connectivity index (χ1) is 11.9. The highest BCUT2D eigenvalue weighted by atomic mass is 79.9. The van der Waals surface area contributed by atoms with Crippen molar-refractivity contribution >= 4 is 33.8 Å². The summed E-state index contributed by atoms with van der Waals surface area (Å²) in [5.41, 5.74) is 3.96. The van der Waals surface area contributed by atoms with Crippen LogP contribution in [0.2, 0.25) is 0 Å². The largest absolute Gasteiger partial charge is 0.490 e. The summed E-state index contributed by atoms with van der Waals surface area (Å²) in [6.45, 7) is 5.89. The van der Waals surface area contributed by atoms with Crippen LogP contribution in [0.25, 0.3) is 0 Å². The average Bonchev–Trinajstić information content (AvgIpc) is 2.55. The van der Waals surface area contributed by atoms with Gasteiger partial charge >= 0.3 is 5.97 Å². The molecule has 132 valence electrons. The number of carboxylic acid groups (broad SMARTS) is 1. The quantitative estimate of drug-likeness (QED) is 0.678. The summed E-state index contributed by atoms with van der Waals surface area (Å²) < 4.78 is 11.5. The van der Waals surface area contributed by atoms with Crippen LogP contribution in [0.4, 0.5) is 5.69 Å². The molecule has 0 heterocycles. The van der Waals surface area contributed by atoms with Crippen molar-refractivity contribution in [3.8, 4) is 11.5 Å². The van der Waals surface area contributed by atoms with Crippen LogP contribution in [0, 0.1) is 13.8 Å². The van der Waals surface area contributed by atoms with Gasteiger partial charge in [0.25, 0.3) is 0 Å². The van der Waals surface area contributed by atoms with E-state index in [1.165, 1.54) is 0 Å². The van der Waals surface area contributed by atoms with Crippen LogP contribution in [0.3, 0.4) is 0 Å². The van der Waals surface area contributed by atoms with Crippen molar-refractivity contribution in [2.75, 3.05) is 13.2 Å². The van der Waals surface area contributed by atoms with E-state index < -0.39 is 12.6 Å². The van der Waals surface area contributed by atoms with Gasteiger partial charge in [0, 0.05) is 6.21 Å². The molecule has 0 spiro atoms. The molecular formula is C19H20BrNO4. The Balaban J connectivity index is 2.33. The second-order valence-corrected chi connectivity index (χ2v) is 6.35. The molecule has 0 aliphatic rings. The molecule has 0 aliphatic heterocycles. The number of aliphatic imine (C=N–C) groups is 1. The molecule has 0 aromatic heterocycles. The molecular weight excluding hydrogens is 386 g/mol. The van der Waals surface area contributed by atoms with Gasteiger partial charge in [-0.05, 0) is 71.6 Å².